The number of rotatable bonds is 5. The van der Waals surface area contributed by atoms with Gasteiger partial charge in [0.15, 0.2) is 0 Å². The molecule has 0 saturated carbocycles. The van der Waals surface area contributed by atoms with Crippen molar-refractivity contribution in [2.75, 3.05) is 0 Å². The molecule has 25 heavy (non-hydrogen) atoms. The monoisotopic (exact) mass is 351 g/mol. The Labute approximate surface area is 150 Å². The number of benzene rings is 2. The second-order valence-electron chi connectivity index (χ2n) is 7.32. The first kappa shape index (κ1) is 17.6. The van der Waals surface area contributed by atoms with Crippen molar-refractivity contribution in [2.24, 2.45) is 0 Å². The first-order chi connectivity index (χ1) is 11.9. The fourth-order valence-electron chi connectivity index (χ4n) is 3.43. The molecule has 0 bridgehead atoms. The minimum atomic E-state index is -2.55. The van der Waals surface area contributed by atoms with Crippen molar-refractivity contribution in [3.63, 3.8) is 0 Å². The fraction of sp³-hybridized carbons (Fsp3) is 0.300. The summed E-state index contributed by atoms with van der Waals surface area (Å²) < 4.78 is 6.94. The Morgan fingerprint density at radius 2 is 1.44 bits per heavy atom. The average Bonchev–Trinajstić information content (AvgIpc) is 3.15. The molecule has 0 aliphatic heterocycles. The number of nitrogens with one attached hydrogen (secondary N) is 1. The quantitative estimate of drug-likeness (QED) is 0.716. The third-order valence-corrected chi connectivity index (χ3v) is 9.73. The Morgan fingerprint density at radius 1 is 0.920 bits per heavy atom. The second-order valence-corrected chi connectivity index (χ2v) is 11.6. The summed E-state index contributed by atoms with van der Waals surface area (Å²) in [5.74, 6) is 0. The van der Waals surface area contributed by atoms with E-state index in [1.54, 1.807) is 0 Å². The summed E-state index contributed by atoms with van der Waals surface area (Å²) in [6.45, 7) is 8.87. The summed E-state index contributed by atoms with van der Waals surface area (Å²) >= 11 is 0. The molecule has 0 amide bonds. The van der Waals surface area contributed by atoms with E-state index in [-0.39, 0.29) is 11.1 Å². The predicted octanol–water partition coefficient (Wildman–Crippen LogP) is 3.44. The lowest BCUT2D eigenvalue weighted by atomic mass is 10.2. The molecule has 1 atom stereocenters. The van der Waals surface area contributed by atoms with Gasteiger partial charge in [0.05, 0.1) is 6.10 Å². The zero-order chi connectivity index (χ0) is 17.9. The van der Waals surface area contributed by atoms with Crippen molar-refractivity contribution in [1.29, 1.82) is 0 Å². The van der Waals surface area contributed by atoms with Gasteiger partial charge in [-0.15, -0.1) is 5.10 Å². The lowest BCUT2D eigenvalue weighted by Gasteiger charge is -2.44. The Kier molecular flexibility index (Phi) is 4.88. The van der Waals surface area contributed by atoms with Gasteiger partial charge in [0.2, 0.25) is 0 Å². The Hall–Kier alpha value is -2.24. The molecule has 4 nitrogen and oxygen atoms in total. The largest absolute Gasteiger partial charge is 0.399 e. The number of aromatic nitrogens is 3. The molecule has 1 unspecified atom stereocenters. The molecule has 0 aliphatic carbocycles. The van der Waals surface area contributed by atoms with Gasteiger partial charge in [-0.05, 0) is 22.3 Å². The Bertz CT molecular complexity index is 743. The highest BCUT2D eigenvalue weighted by molar-refractivity contribution is 6.99. The van der Waals surface area contributed by atoms with Crippen LogP contribution in [-0.4, -0.2) is 23.7 Å². The maximum absolute atomic E-state index is 6.94. The number of hydrogen-bond donors (Lipinski definition) is 1. The van der Waals surface area contributed by atoms with Crippen molar-refractivity contribution < 1.29 is 4.43 Å². The SMILES string of the molecule is CC(O[Si](c1ccccc1)(c1ccccc1)C(C)(C)C)c1c[nH]nn1. The maximum atomic E-state index is 6.94. The van der Waals surface area contributed by atoms with E-state index in [0.29, 0.717) is 0 Å². The maximum Gasteiger partial charge on any atom is 0.261 e. The molecule has 1 N–H and O–H groups in total. The molecule has 0 saturated heterocycles. The zero-order valence-corrected chi connectivity index (χ0v) is 16.2. The molecule has 130 valence electrons. The van der Waals surface area contributed by atoms with Crippen LogP contribution < -0.4 is 10.4 Å². The van der Waals surface area contributed by atoms with Gasteiger partial charge < -0.3 is 4.43 Å². The third-order valence-electron chi connectivity index (χ3n) is 4.62. The van der Waals surface area contributed by atoms with Crippen molar-refractivity contribution in [3.05, 3.63) is 72.6 Å². The molecule has 3 aromatic rings. The van der Waals surface area contributed by atoms with Gasteiger partial charge in [-0.1, -0.05) is 86.6 Å². The van der Waals surface area contributed by atoms with E-state index in [1.807, 2.05) is 6.20 Å². The first-order valence-corrected chi connectivity index (χ1v) is 10.5. The van der Waals surface area contributed by atoms with Crippen LogP contribution in [-0.2, 0) is 4.43 Å². The smallest absolute Gasteiger partial charge is 0.261 e. The van der Waals surface area contributed by atoms with Gasteiger partial charge in [-0.2, -0.15) is 0 Å². The van der Waals surface area contributed by atoms with Crippen LogP contribution in [0.2, 0.25) is 5.04 Å². The normalized spacial score (nSPS) is 13.6. The van der Waals surface area contributed by atoms with Crippen LogP contribution in [0.3, 0.4) is 0 Å². The van der Waals surface area contributed by atoms with Gasteiger partial charge in [0, 0.05) is 6.20 Å². The summed E-state index contributed by atoms with van der Waals surface area (Å²) in [5.41, 5.74) is 0.827. The molecule has 2 aromatic carbocycles. The van der Waals surface area contributed by atoms with E-state index in [0.717, 1.165) is 5.69 Å². The molecule has 0 aliphatic rings. The minimum Gasteiger partial charge on any atom is -0.399 e. The number of hydrogen-bond acceptors (Lipinski definition) is 3. The van der Waals surface area contributed by atoms with E-state index in [4.69, 9.17) is 4.43 Å². The zero-order valence-electron chi connectivity index (χ0n) is 15.2. The predicted molar refractivity (Wildman–Crippen MR) is 104 cm³/mol. The Balaban J connectivity index is 2.19. The molecule has 0 radical (unpaired) electrons. The van der Waals surface area contributed by atoms with Crippen molar-refractivity contribution >= 4 is 18.7 Å². The van der Waals surface area contributed by atoms with Gasteiger partial charge >= 0.3 is 0 Å². The summed E-state index contributed by atoms with van der Waals surface area (Å²) in [4.78, 5) is 0. The second kappa shape index (κ2) is 6.94. The fourth-order valence-corrected chi connectivity index (χ4v) is 8.09. The number of aromatic amines is 1. The summed E-state index contributed by atoms with van der Waals surface area (Å²) in [7, 11) is -2.55. The van der Waals surface area contributed by atoms with E-state index in [9.17, 15) is 0 Å². The van der Waals surface area contributed by atoms with Crippen LogP contribution in [0.5, 0.6) is 0 Å². The highest BCUT2D eigenvalue weighted by Crippen LogP contribution is 2.39. The summed E-state index contributed by atoms with van der Waals surface area (Å²) in [6.07, 6.45) is 1.66. The molecular formula is C20H25N3OSi. The topological polar surface area (TPSA) is 50.8 Å². The minimum absolute atomic E-state index is 0.0479. The first-order valence-electron chi connectivity index (χ1n) is 8.60. The highest BCUT2D eigenvalue weighted by Gasteiger charge is 2.51. The van der Waals surface area contributed by atoms with Gasteiger partial charge in [0.25, 0.3) is 8.32 Å². The Morgan fingerprint density at radius 3 is 1.84 bits per heavy atom. The molecule has 5 heteroatoms. The molecule has 0 spiro atoms. The highest BCUT2D eigenvalue weighted by atomic mass is 28.4. The van der Waals surface area contributed by atoms with Gasteiger partial charge in [-0.25, -0.2) is 0 Å². The van der Waals surface area contributed by atoms with E-state index >= 15 is 0 Å². The van der Waals surface area contributed by atoms with Gasteiger partial charge in [-0.3, -0.25) is 5.10 Å². The molecule has 1 heterocycles. The molecular weight excluding hydrogens is 326 g/mol. The van der Waals surface area contributed by atoms with Crippen molar-refractivity contribution in [2.45, 2.75) is 38.8 Å². The third kappa shape index (κ3) is 3.30. The van der Waals surface area contributed by atoms with Crippen LogP contribution >= 0.6 is 0 Å². The van der Waals surface area contributed by atoms with E-state index in [1.165, 1.54) is 10.4 Å². The van der Waals surface area contributed by atoms with Crippen LogP contribution in [0.15, 0.2) is 66.9 Å². The number of H-pyrrole nitrogens is 1. The van der Waals surface area contributed by atoms with Crippen molar-refractivity contribution in [1.82, 2.24) is 15.4 Å². The molecule has 3 rings (SSSR count). The van der Waals surface area contributed by atoms with E-state index in [2.05, 4.69) is 104 Å². The van der Waals surface area contributed by atoms with Crippen LogP contribution in [0.1, 0.15) is 39.5 Å². The molecule has 1 aromatic heterocycles. The summed E-state index contributed by atoms with van der Waals surface area (Å²) in [6, 6.07) is 21.3. The lowest BCUT2D eigenvalue weighted by Crippen LogP contribution is -2.66. The van der Waals surface area contributed by atoms with Crippen LogP contribution in [0, 0.1) is 0 Å². The molecule has 0 fully saturated rings. The summed E-state index contributed by atoms with van der Waals surface area (Å²) in [5, 5.41) is 13.3. The average molecular weight is 352 g/mol. The van der Waals surface area contributed by atoms with Crippen LogP contribution in [0.25, 0.3) is 0 Å². The number of nitrogens with zero attached hydrogens (tertiary/aromatic N) is 2. The van der Waals surface area contributed by atoms with E-state index < -0.39 is 8.32 Å². The lowest BCUT2D eigenvalue weighted by molar-refractivity contribution is 0.206. The standard InChI is InChI=1S/C20H25N3OSi/c1-16(19-15-21-23-22-19)24-25(20(2,3)4,17-11-7-5-8-12-17)18-13-9-6-10-14-18/h5-16H,1-4H3,(H,21,22,23). The van der Waals surface area contributed by atoms with Gasteiger partial charge in [0.1, 0.15) is 5.69 Å². The van der Waals surface area contributed by atoms with Crippen molar-refractivity contribution in [3.8, 4) is 0 Å². The van der Waals surface area contributed by atoms with Crippen LogP contribution in [0.4, 0.5) is 0 Å².